The second kappa shape index (κ2) is 13.3. The van der Waals surface area contributed by atoms with Crippen LogP contribution in [0.4, 0.5) is 18.9 Å². The van der Waals surface area contributed by atoms with Crippen LogP contribution in [0.2, 0.25) is 5.02 Å². The fourth-order valence-electron chi connectivity index (χ4n) is 4.65. The molecule has 0 bridgehead atoms. The van der Waals surface area contributed by atoms with Gasteiger partial charge in [0.05, 0.1) is 25.0 Å². The maximum atomic E-state index is 13.6. The van der Waals surface area contributed by atoms with Crippen molar-refractivity contribution >= 4 is 29.2 Å². The van der Waals surface area contributed by atoms with Crippen molar-refractivity contribution in [1.29, 1.82) is 0 Å². The van der Waals surface area contributed by atoms with Gasteiger partial charge in [0, 0.05) is 40.9 Å². The van der Waals surface area contributed by atoms with Gasteiger partial charge in [-0.25, -0.2) is 4.79 Å². The second-order valence-electron chi connectivity index (χ2n) is 9.66. The number of alkyl halides is 3. The number of rotatable bonds is 10. The molecular formula is C29H28ClF3N2O7. The molecule has 9 nitrogen and oxygen atoms in total. The van der Waals surface area contributed by atoms with Crippen molar-refractivity contribution in [2.75, 3.05) is 25.6 Å². The summed E-state index contributed by atoms with van der Waals surface area (Å²) in [5, 5.41) is 12.1. The van der Waals surface area contributed by atoms with Gasteiger partial charge in [0.15, 0.2) is 6.61 Å². The highest BCUT2D eigenvalue weighted by Gasteiger charge is 2.31. The number of benzene rings is 2. The molecule has 1 saturated heterocycles. The van der Waals surface area contributed by atoms with Gasteiger partial charge < -0.3 is 24.6 Å². The lowest BCUT2D eigenvalue weighted by Crippen LogP contribution is -2.36. The van der Waals surface area contributed by atoms with Crippen molar-refractivity contribution < 1.29 is 42.1 Å². The minimum Gasteiger partial charge on any atom is -0.495 e. The molecule has 2 N–H and O–H groups in total. The Kier molecular flexibility index (Phi) is 9.79. The molecule has 0 aliphatic carbocycles. The number of nitrogens with zero attached hydrogens (tertiary/aromatic N) is 1. The Morgan fingerprint density at radius 1 is 1.12 bits per heavy atom. The molecule has 2 atom stereocenters. The zero-order valence-electron chi connectivity index (χ0n) is 22.4. The van der Waals surface area contributed by atoms with Crippen LogP contribution in [-0.2, 0) is 9.53 Å². The number of amides is 1. The number of hydrogen-bond donors (Lipinski definition) is 2. The monoisotopic (exact) mass is 608 g/mol. The van der Waals surface area contributed by atoms with E-state index in [0.717, 1.165) is 18.9 Å². The number of carbonyl (C=O) groups is 2. The Hall–Kier alpha value is -4.03. The number of aromatic carboxylic acids is 1. The Morgan fingerprint density at radius 2 is 1.83 bits per heavy atom. The number of hydrogen-bond acceptors (Lipinski definition) is 6. The van der Waals surface area contributed by atoms with Crippen LogP contribution in [0.1, 0.15) is 42.1 Å². The fraction of sp³-hybridized carbons (Fsp3) is 0.345. The first kappa shape index (κ1) is 30.9. The number of carboxylic acids is 1. The van der Waals surface area contributed by atoms with Crippen molar-refractivity contribution in [1.82, 2.24) is 4.57 Å². The summed E-state index contributed by atoms with van der Waals surface area (Å²) in [5.41, 5.74) is -0.0543. The zero-order valence-corrected chi connectivity index (χ0v) is 23.2. The minimum absolute atomic E-state index is 0.0382. The molecule has 1 fully saturated rings. The summed E-state index contributed by atoms with van der Waals surface area (Å²) in [6.07, 6.45) is -0.988. The van der Waals surface area contributed by atoms with E-state index < -0.39 is 36.3 Å². The standard InChI is InChI=1S/C29H28ClF3N2O7/c1-40-25-15-35(26(36)14-22(25)21-12-18(30)7-10-24(21)42-16-29(31,32)33)23(13-20-4-2-3-11-41-20)27(37)34-19-8-5-17(6-9-19)28(38)39/h5-10,12,14-15,20,23H,2-4,11,13,16H2,1H3,(H,34,37)(H,38,39)/t20-,23?/m0/s1. The van der Waals surface area contributed by atoms with Gasteiger partial charge in [-0.15, -0.1) is 0 Å². The topological polar surface area (TPSA) is 116 Å². The van der Waals surface area contributed by atoms with Crippen LogP contribution in [0.3, 0.4) is 0 Å². The first-order valence-electron chi connectivity index (χ1n) is 13.0. The molecular weight excluding hydrogens is 581 g/mol. The fourth-order valence-corrected chi connectivity index (χ4v) is 4.83. The van der Waals surface area contributed by atoms with E-state index in [1.807, 2.05) is 0 Å². The maximum absolute atomic E-state index is 13.6. The summed E-state index contributed by atoms with van der Waals surface area (Å²) >= 11 is 6.13. The van der Waals surface area contributed by atoms with Gasteiger partial charge >= 0.3 is 12.1 Å². The number of aromatic nitrogens is 1. The van der Waals surface area contributed by atoms with E-state index in [1.54, 1.807) is 0 Å². The number of carbonyl (C=O) groups excluding carboxylic acids is 1. The molecule has 1 aromatic heterocycles. The molecule has 0 radical (unpaired) electrons. The van der Waals surface area contributed by atoms with Crippen molar-refractivity contribution in [3.8, 4) is 22.6 Å². The quantitative estimate of drug-likeness (QED) is 0.292. The summed E-state index contributed by atoms with van der Waals surface area (Å²) in [6, 6.07) is 9.61. The Morgan fingerprint density at radius 3 is 2.45 bits per heavy atom. The molecule has 4 rings (SSSR count). The van der Waals surface area contributed by atoms with Gasteiger partial charge in [-0.1, -0.05) is 11.6 Å². The first-order valence-corrected chi connectivity index (χ1v) is 13.4. The summed E-state index contributed by atoms with van der Waals surface area (Å²) in [5.74, 6) is -1.75. The third-order valence-corrected chi connectivity index (χ3v) is 6.92. The van der Waals surface area contributed by atoms with Gasteiger partial charge in [0.2, 0.25) is 5.91 Å². The number of pyridine rings is 1. The highest BCUT2D eigenvalue weighted by atomic mass is 35.5. The number of ether oxygens (including phenoxy) is 3. The average molecular weight is 609 g/mol. The van der Waals surface area contributed by atoms with Crippen LogP contribution < -0.4 is 20.3 Å². The molecule has 1 aliphatic heterocycles. The van der Waals surface area contributed by atoms with Crippen LogP contribution in [0, 0.1) is 0 Å². The van der Waals surface area contributed by atoms with Crippen LogP contribution in [0.15, 0.2) is 59.5 Å². The lowest BCUT2D eigenvalue weighted by atomic mass is 10.00. The average Bonchev–Trinajstić information content (AvgIpc) is 2.95. The zero-order chi connectivity index (χ0) is 30.4. The van der Waals surface area contributed by atoms with E-state index in [4.69, 9.17) is 30.9 Å². The normalized spacial score (nSPS) is 16.0. The predicted octanol–water partition coefficient (Wildman–Crippen LogP) is 5.96. The van der Waals surface area contributed by atoms with Crippen molar-refractivity contribution in [3.05, 3.63) is 75.7 Å². The summed E-state index contributed by atoms with van der Waals surface area (Å²) in [7, 11) is 1.32. The molecule has 0 saturated carbocycles. The highest BCUT2D eigenvalue weighted by Crippen LogP contribution is 2.38. The van der Waals surface area contributed by atoms with Crippen molar-refractivity contribution in [2.24, 2.45) is 0 Å². The third-order valence-electron chi connectivity index (χ3n) is 6.69. The lowest BCUT2D eigenvalue weighted by molar-refractivity contribution is -0.153. The van der Waals surface area contributed by atoms with Gasteiger partial charge in [0.1, 0.15) is 17.5 Å². The molecule has 13 heteroatoms. The lowest BCUT2D eigenvalue weighted by Gasteiger charge is -2.28. The molecule has 2 aromatic carbocycles. The van der Waals surface area contributed by atoms with Gasteiger partial charge in [-0.3, -0.25) is 14.2 Å². The Balaban J connectivity index is 1.73. The van der Waals surface area contributed by atoms with Crippen molar-refractivity contribution in [2.45, 2.75) is 44.0 Å². The van der Waals surface area contributed by atoms with Gasteiger partial charge in [0.25, 0.3) is 5.56 Å². The first-order chi connectivity index (χ1) is 19.9. The van der Waals surface area contributed by atoms with E-state index in [0.29, 0.717) is 18.7 Å². The van der Waals surface area contributed by atoms with Gasteiger partial charge in [-0.05, 0) is 61.7 Å². The van der Waals surface area contributed by atoms with Crippen LogP contribution in [-0.4, -0.2) is 54.2 Å². The van der Waals surface area contributed by atoms with E-state index in [1.165, 1.54) is 60.3 Å². The van der Waals surface area contributed by atoms with Gasteiger partial charge in [-0.2, -0.15) is 13.2 Å². The summed E-state index contributed by atoms with van der Waals surface area (Å²) < 4.78 is 56.2. The number of nitrogens with one attached hydrogen (secondary N) is 1. The minimum atomic E-state index is -4.60. The molecule has 2 heterocycles. The molecule has 1 aliphatic rings. The molecule has 3 aromatic rings. The van der Waals surface area contributed by atoms with E-state index in [9.17, 15) is 27.6 Å². The van der Waals surface area contributed by atoms with E-state index >= 15 is 0 Å². The molecule has 42 heavy (non-hydrogen) atoms. The van der Waals surface area contributed by atoms with Crippen LogP contribution >= 0.6 is 11.6 Å². The highest BCUT2D eigenvalue weighted by molar-refractivity contribution is 6.31. The number of halogens is 4. The number of carboxylic acid groups (broad SMARTS) is 1. The summed E-state index contributed by atoms with van der Waals surface area (Å²) in [4.78, 5) is 38.3. The Bertz CT molecular complexity index is 1490. The third kappa shape index (κ3) is 7.83. The van der Waals surface area contributed by atoms with Crippen molar-refractivity contribution in [3.63, 3.8) is 0 Å². The maximum Gasteiger partial charge on any atom is 0.422 e. The smallest absolute Gasteiger partial charge is 0.422 e. The van der Waals surface area contributed by atoms with E-state index in [-0.39, 0.29) is 45.7 Å². The molecule has 224 valence electrons. The SMILES string of the molecule is COc1cn(C(C[C@@H]2CCCCO2)C(=O)Nc2ccc(C(=O)O)cc2)c(=O)cc1-c1cc(Cl)ccc1OCC(F)(F)F. The second-order valence-corrected chi connectivity index (χ2v) is 10.1. The number of methoxy groups -OCH3 is 1. The molecule has 1 unspecified atom stereocenters. The number of anilines is 1. The predicted molar refractivity (Wildman–Crippen MR) is 149 cm³/mol. The van der Waals surface area contributed by atoms with Crippen LogP contribution in [0.5, 0.6) is 11.5 Å². The Labute approximate surface area is 243 Å². The summed E-state index contributed by atoms with van der Waals surface area (Å²) in [6.45, 7) is -1.04. The molecule has 1 amide bonds. The van der Waals surface area contributed by atoms with E-state index in [2.05, 4.69) is 5.32 Å². The largest absolute Gasteiger partial charge is 0.495 e. The molecule has 0 spiro atoms. The van der Waals surface area contributed by atoms with Crippen LogP contribution in [0.25, 0.3) is 11.1 Å².